The van der Waals surface area contributed by atoms with Crippen molar-refractivity contribution in [1.29, 1.82) is 0 Å². The first-order valence-corrected chi connectivity index (χ1v) is 4.42. The summed E-state index contributed by atoms with van der Waals surface area (Å²) in [4.78, 5) is 29.3. The van der Waals surface area contributed by atoms with Crippen molar-refractivity contribution in [3.05, 3.63) is 0 Å². The van der Waals surface area contributed by atoms with Crippen LogP contribution in [0.1, 0.15) is 6.92 Å². The molecule has 0 radical (unpaired) electrons. The summed E-state index contributed by atoms with van der Waals surface area (Å²) in [6.45, 7) is 0.412. The number of aliphatic carboxylic acids is 1. The number of halogens is 2. The van der Waals surface area contributed by atoms with Crippen molar-refractivity contribution in [2.75, 3.05) is 0 Å². The Bertz CT molecular complexity index is 295. The van der Waals surface area contributed by atoms with Crippen LogP contribution in [0.15, 0.2) is 4.99 Å². The van der Waals surface area contributed by atoms with E-state index in [0.29, 0.717) is 6.92 Å². The van der Waals surface area contributed by atoms with E-state index >= 15 is 0 Å². The topological polar surface area (TPSA) is 107 Å². The molecular formula is C4H6F2NO5P. The molecule has 0 aliphatic heterocycles. The standard InChI is InChI=1S/C4H6F2NO5P/c1-4(2(8)9,7-3(5)6)13(10,11)12/h1H3,(H,8,9)(H2,10,11,12)/t4-/m1/s1. The van der Waals surface area contributed by atoms with Crippen LogP contribution < -0.4 is 0 Å². The molecule has 0 aromatic heterocycles. The van der Waals surface area contributed by atoms with Crippen molar-refractivity contribution in [1.82, 2.24) is 0 Å². The van der Waals surface area contributed by atoms with Gasteiger partial charge < -0.3 is 14.9 Å². The molecule has 0 aliphatic carbocycles. The van der Waals surface area contributed by atoms with E-state index in [1.165, 1.54) is 0 Å². The van der Waals surface area contributed by atoms with Crippen LogP contribution in [-0.2, 0) is 9.36 Å². The van der Waals surface area contributed by atoms with Gasteiger partial charge in [-0.2, -0.15) is 13.8 Å². The summed E-state index contributed by atoms with van der Waals surface area (Å²) in [5.74, 6) is -2.12. The Hall–Kier alpha value is -0.850. The lowest BCUT2D eigenvalue weighted by Gasteiger charge is -2.19. The zero-order chi connectivity index (χ0) is 10.9. The minimum atomic E-state index is -5.26. The molecule has 9 heteroatoms. The van der Waals surface area contributed by atoms with Gasteiger partial charge in [0.1, 0.15) is 0 Å². The quantitative estimate of drug-likeness (QED) is 0.464. The molecule has 0 aromatic rings. The third-order valence-corrected chi connectivity index (χ3v) is 2.70. The summed E-state index contributed by atoms with van der Waals surface area (Å²) in [6, 6.07) is 0. The van der Waals surface area contributed by atoms with Crippen molar-refractivity contribution >= 4 is 19.8 Å². The molecule has 0 rings (SSSR count). The average Bonchev–Trinajstić information content (AvgIpc) is 1.82. The molecule has 13 heavy (non-hydrogen) atoms. The molecule has 0 amide bonds. The molecule has 0 saturated carbocycles. The summed E-state index contributed by atoms with van der Waals surface area (Å²) < 4.78 is 33.6. The van der Waals surface area contributed by atoms with Crippen LogP contribution in [0.2, 0.25) is 0 Å². The van der Waals surface area contributed by atoms with Crippen molar-refractivity contribution in [3.63, 3.8) is 0 Å². The van der Waals surface area contributed by atoms with Gasteiger partial charge >= 0.3 is 19.8 Å². The third-order valence-electron chi connectivity index (χ3n) is 1.27. The Morgan fingerprint density at radius 1 is 1.46 bits per heavy atom. The summed E-state index contributed by atoms with van der Waals surface area (Å²) in [5, 5.41) is 5.17. The van der Waals surface area contributed by atoms with Gasteiger partial charge in [0, 0.05) is 0 Å². The van der Waals surface area contributed by atoms with Gasteiger partial charge in [-0.3, -0.25) is 4.57 Å². The molecule has 0 saturated heterocycles. The summed E-state index contributed by atoms with van der Waals surface area (Å²) >= 11 is 0. The minimum absolute atomic E-state index is 0.412. The second-order valence-electron chi connectivity index (χ2n) is 2.22. The smallest absolute Gasteiger partial charge is 0.364 e. The van der Waals surface area contributed by atoms with Crippen molar-refractivity contribution in [2.24, 2.45) is 4.99 Å². The molecule has 0 bridgehead atoms. The highest BCUT2D eigenvalue weighted by Crippen LogP contribution is 2.51. The summed E-state index contributed by atoms with van der Waals surface area (Å²) in [5.41, 5.74) is 0. The molecule has 0 heterocycles. The molecule has 3 N–H and O–H groups in total. The molecule has 1 atom stereocenters. The van der Waals surface area contributed by atoms with Crippen LogP contribution in [0.25, 0.3) is 0 Å². The molecule has 0 aromatic carbocycles. The molecule has 6 nitrogen and oxygen atoms in total. The van der Waals surface area contributed by atoms with E-state index in [2.05, 4.69) is 4.99 Å². The Labute approximate surface area is 71.1 Å². The highest BCUT2D eigenvalue weighted by Gasteiger charge is 2.50. The zero-order valence-corrected chi connectivity index (χ0v) is 7.20. The van der Waals surface area contributed by atoms with E-state index in [1.54, 1.807) is 0 Å². The van der Waals surface area contributed by atoms with Gasteiger partial charge in [0.15, 0.2) is 0 Å². The van der Waals surface area contributed by atoms with Gasteiger partial charge in [-0.15, -0.1) is 0 Å². The van der Waals surface area contributed by atoms with Crippen LogP contribution in [-0.4, -0.2) is 32.4 Å². The van der Waals surface area contributed by atoms with Crippen molar-refractivity contribution in [3.8, 4) is 0 Å². The number of nitrogens with zero attached hydrogens (tertiary/aromatic N) is 1. The van der Waals surface area contributed by atoms with E-state index in [9.17, 15) is 18.1 Å². The second kappa shape index (κ2) is 3.49. The Morgan fingerprint density at radius 2 is 1.85 bits per heavy atom. The number of aliphatic imine (C=N–C) groups is 1. The Morgan fingerprint density at radius 3 is 1.92 bits per heavy atom. The van der Waals surface area contributed by atoms with Gasteiger partial charge in [0.25, 0.3) is 5.28 Å². The first-order chi connectivity index (χ1) is 5.61. The Kier molecular flexibility index (Phi) is 3.26. The van der Waals surface area contributed by atoms with Crippen LogP contribution in [0.3, 0.4) is 0 Å². The molecule has 76 valence electrons. The number of carboxylic acid groups (broad SMARTS) is 1. The van der Waals surface area contributed by atoms with E-state index in [-0.39, 0.29) is 0 Å². The van der Waals surface area contributed by atoms with Gasteiger partial charge in [-0.25, -0.2) is 4.79 Å². The fourth-order valence-corrected chi connectivity index (χ4v) is 0.857. The predicted molar refractivity (Wildman–Crippen MR) is 37.7 cm³/mol. The van der Waals surface area contributed by atoms with Crippen molar-refractivity contribution in [2.45, 2.75) is 12.2 Å². The number of carbonyl (C=O) groups is 1. The maximum absolute atomic E-state index is 11.6. The normalized spacial score (nSPS) is 16.1. The number of hydrogen-bond donors (Lipinski definition) is 3. The number of hydrogen-bond acceptors (Lipinski definition) is 3. The van der Waals surface area contributed by atoms with E-state index in [1.807, 2.05) is 0 Å². The van der Waals surface area contributed by atoms with Gasteiger partial charge in [-0.05, 0) is 6.92 Å². The SMILES string of the molecule is C[C@](N=C(F)F)(C(=O)O)P(=O)(O)O. The predicted octanol–water partition coefficient (Wildman–Crippen LogP) is 0.260. The minimum Gasteiger partial charge on any atom is -0.479 e. The number of rotatable bonds is 3. The van der Waals surface area contributed by atoms with Gasteiger partial charge in [0.2, 0.25) is 0 Å². The number of carboxylic acids is 1. The average molecular weight is 217 g/mol. The highest BCUT2D eigenvalue weighted by molar-refractivity contribution is 7.54. The maximum Gasteiger partial charge on any atom is 0.364 e. The molecular weight excluding hydrogens is 211 g/mol. The second-order valence-corrected chi connectivity index (χ2v) is 4.18. The zero-order valence-electron chi connectivity index (χ0n) is 6.31. The summed E-state index contributed by atoms with van der Waals surface area (Å²) in [7, 11) is -5.26. The lowest BCUT2D eigenvalue weighted by molar-refractivity contribution is -0.140. The van der Waals surface area contributed by atoms with Gasteiger partial charge in [0.05, 0.1) is 0 Å². The highest BCUT2D eigenvalue weighted by atomic mass is 31.2. The Balaban J connectivity index is 5.35. The van der Waals surface area contributed by atoms with Crippen LogP contribution in [0, 0.1) is 0 Å². The summed E-state index contributed by atoms with van der Waals surface area (Å²) in [6.07, 6.45) is -2.70. The lowest BCUT2D eigenvalue weighted by Crippen LogP contribution is -2.33. The molecule has 0 aliphatic rings. The van der Waals surface area contributed by atoms with Gasteiger partial charge in [-0.1, -0.05) is 0 Å². The fraction of sp³-hybridized carbons (Fsp3) is 0.500. The molecule has 0 unspecified atom stereocenters. The monoisotopic (exact) mass is 217 g/mol. The first kappa shape index (κ1) is 12.2. The van der Waals surface area contributed by atoms with E-state index in [4.69, 9.17) is 14.9 Å². The maximum atomic E-state index is 11.6. The van der Waals surface area contributed by atoms with Crippen molar-refractivity contribution < 1.29 is 33.0 Å². The molecule has 0 fully saturated rings. The van der Waals surface area contributed by atoms with E-state index < -0.39 is 25.1 Å². The van der Waals surface area contributed by atoms with Crippen LogP contribution in [0.4, 0.5) is 8.78 Å². The molecule has 0 spiro atoms. The first-order valence-electron chi connectivity index (χ1n) is 2.81. The third kappa shape index (κ3) is 2.55. The van der Waals surface area contributed by atoms with Crippen LogP contribution >= 0.6 is 7.60 Å². The lowest BCUT2D eigenvalue weighted by atomic mass is 10.3. The van der Waals surface area contributed by atoms with Crippen LogP contribution in [0.5, 0.6) is 0 Å². The van der Waals surface area contributed by atoms with E-state index in [0.717, 1.165) is 0 Å². The largest absolute Gasteiger partial charge is 0.479 e. The fourth-order valence-electron chi connectivity index (χ4n) is 0.402.